The number of piperidine rings is 1. The van der Waals surface area contributed by atoms with E-state index in [-0.39, 0.29) is 11.7 Å². The van der Waals surface area contributed by atoms with Crippen LogP contribution in [0, 0.1) is 5.82 Å². The normalized spacial score (nSPS) is 15.0. The first kappa shape index (κ1) is 18.7. The van der Waals surface area contributed by atoms with Gasteiger partial charge in [-0.25, -0.2) is 4.39 Å². The topological polar surface area (TPSA) is 37.3 Å². The maximum atomic E-state index is 13.2. The molecule has 1 amide bonds. The minimum Gasteiger partial charge on any atom is -0.351 e. The first-order valence-corrected chi connectivity index (χ1v) is 10.0. The summed E-state index contributed by atoms with van der Waals surface area (Å²) in [4.78, 5) is 15.2. The van der Waals surface area contributed by atoms with Crippen LogP contribution < -0.4 is 5.32 Å². The van der Waals surface area contributed by atoms with Crippen molar-refractivity contribution in [3.63, 3.8) is 0 Å². The van der Waals surface area contributed by atoms with Crippen molar-refractivity contribution in [2.24, 2.45) is 0 Å². The van der Waals surface area contributed by atoms with Gasteiger partial charge in [-0.2, -0.15) is 0 Å². The molecule has 1 fully saturated rings. The highest BCUT2D eigenvalue weighted by Crippen LogP contribution is 2.22. The molecule has 4 nitrogen and oxygen atoms in total. The summed E-state index contributed by atoms with van der Waals surface area (Å²) in [5.74, 6) is -0.277. The minimum absolute atomic E-state index is 0.0361. The molecule has 0 unspecified atom stereocenters. The van der Waals surface area contributed by atoms with Crippen molar-refractivity contribution in [3.8, 4) is 0 Å². The zero-order valence-corrected chi connectivity index (χ0v) is 16.0. The second-order valence-electron chi connectivity index (χ2n) is 7.47. The Hall–Kier alpha value is -2.66. The van der Waals surface area contributed by atoms with Crippen LogP contribution in [0.1, 0.15) is 35.2 Å². The molecule has 0 bridgehead atoms. The van der Waals surface area contributed by atoms with Gasteiger partial charge in [0, 0.05) is 36.7 Å². The highest BCUT2D eigenvalue weighted by Gasteiger charge is 2.16. The fraction of sp³-hybridized carbons (Fsp3) is 0.348. The highest BCUT2D eigenvalue weighted by atomic mass is 19.1. The van der Waals surface area contributed by atoms with Gasteiger partial charge in [0.1, 0.15) is 5.82 Å². The lowest BCUT2D eigenvalue weighted by Crippen LogP contribution is -2.37. The maximum Gasteiger partial charge on any atom is 0.253 e. The van der Waals surface area contributed by atoms with E-state index in [1.54, 1.807) is 12.1 Å². The van der Waals surface area contributed by atoms with Crippen LogP contribution in [0.15, 0.2) is 54.7 Å². The van der Waals surface area contributed by atoms with Crippen molar-refractivity contribution in [2.75, 3.05) is 26.2 Å². The van der Waals surface area contributed by atoms with Crippen molar-refractivity contribution in [2.45, 2.75) is 25.8 Å². The smallest absolute Gasteiger partial charge is 0.253 e. The number of fused-ring (bicyclic) bond motifs is 1. The number of hydrogen-bond acceptors (Lipinski definition) is 2. The molecular weight excluding hydrogens is 353 g/mol. The molecular formula is C23H26FN3O. The Kier molecular flexibility index (Phi) is 5.72. The van der Waals surface area contributed by atoms with Gasteiger partial charge in [0.15, 0.2) is 0 Å². The quantitative estimate of drug-likeness (QED) is 0.702. The maximum absolute atomic E-state index is 13.2. The van der Waals surface area contributed by atoms with Gasteiger partial charge in [-0.3, -0.25) is 4.79 Å². The number of nitrogens with zero attached hydrogens (tertiary/aromatic N) is 2. The average Bonchev–Trinajstić information content (AvgIpc) is 3.09. The molecule has 0 aliphatic carbocycles. The molecule has 3 aromatic rings. The van der Waals surface area contributed by atoms with Gasteiger partial charge in [0.05, 0.1) is 5.56 Å². The molecule has 1 aliphatic rings. The van der Waals surface area contributed by atoms with Gasteiger partial charge in [0.25, 0.3) is 5.91 Å². The Balaban J connectivity index is 1.48. The number of amides is 1. The summed E-state index contributed by atoms with van der Waals surface area (Å²) in [6.07, 6.45) is 5.73. The van der Waals surface area contributed by atoms with Gasteiger partial charge in [-0.15, -0.1) is 0 Å². The van der Waals surface area contributed by atoms with E-state index < -0.39 is 0 Å². The van der Waals surface area contributed by atoms with E-state index >= 15 is 0 Å². The van der Waals surface area contributed by atoms with Crippen LogP contribution in [0.25, 0.3) is 10.9 Å². The molecule has 1 aromatic heterocycles. The predicted molar refractivity (Wildman–Crippen MR) is 110 cm³/mol. The van der Waals surface area contributed by atoms with Crippen LogP contribution in [0.5, 0.6) is 0 Å². The third-order valence-electron chi connectivity index (χ3n) is 5.46. The number of rotatable bonds is 6. The summed E-state index contributed by atoms with van der Waals surface area (Å²) in [5, 5.41) is 4.02. The zero-order valence-electron chi connectivity index (χ0n) is 16.0. The molecule has 2 aromatic carbocycles. The largest absolute Gasteiger partial charge is 0.351 e. The lowest BCUT2D eigenvalue weighted by Gasteiger charge is -2.26. The lowest BCUT2D eigenvalue weighted by atomic mass is 10.1. The predicted octanol–water partition coefficient (Wildman–Crippen LogP) is 4.04. The number of carbonyl (C=O) groups is 1. The second-order valence-corrected chi connectivity index (χ2v) is 7.47. The van der Waals surface area contributed by atoms with Gasteiger partial charge >= 0.3 is 0 Å². The number of para-hydroxylation sites is 1. The molecule has 0 atom stereocenters. The Morgan fingerprint density at radius 1 is 1.00 bits per heavy atom. The Morgan fingerprint density at radius 3 is 2.54 bits per heavy atom. The molecule has 2 heterocycles. The molecule has 0 saturated carbocycles. The van der Waals surface area contributed by atoms with Gasteiger partial charge in [-0.1, -0.05) is 36.8 Å². The standard InChI is InChI=1S/C23H26FN3O/c24-19-10-8-18(9-11-19)16-27-17-21(20-6-2-3-7-22(20)27)23(28)25-12-15-26-13-4-1-5-14-26/h2-3,6-11,17H,1,4-5,12-16H2,(H,25,28). The third kappa shape index (κ3) is 4.25. The molecule has 0 spiro atoms. The van der Waals surface area contributed by atoms with Crippen LogP contribution in [0.3, 0.4) is 0 Å². The number of hydrogen-bond donors (Lipinski definition) is 1. The van der Waals surface area contributed by atoms with Gasteiger partial charge in [-0.05, 0) is 49.7 Å². The second kappa shape index (κ2) is 8.57. The van der Waals surface area contributed by atoms with Crippen LogP contribution >= 0.6 is 0 Å². The third-order valence-corrected chi connectivity index (χ3v) is 5.46. The Labute approximate surface area is 165 Å². The SMILES string of the molecule is O=C(NCCN1CCCCC1)c1cn(Cc2ccc(F)cc2)c2ccccc12. The van der Waals surface area contributed by atoms with E-state index in [2.05, 4.69) is 14.8 Å². The van der Waals surface area contributed by atoms with E-state index in [1.807, 2.05) is 30.5 Å². The van der Waals surface area contributed by atoms with Crippen LogP contribution in [0.2, 0.25) is 0 Å². The first-order chi connectivity index (χ1) is 13.7. The van der Waals surface area contributed by atoms with Crippen molar-refractivity contribution in [1.82, 2.24) is 14.8 Å². The first-order valence-electron chi connectivity index (χ1n) is 10.0. The molecule has 0 radical (unpaired) electrons. The minimum atomic E-state index is -0.241. The average molecular weight is 379 g/mol. The molecule has 5 heteroatoms. The summed E-state index contributed by atoms with van der Waals surface area (Å²) in [5.41, 5.74) is 2.70. The van der Waals surface area contributed by atoms with Gasteiger partial charge in [0.2, 0.25) is 0 Å². The van der Waals surface area contributed by atoms with E-state index in [9.17, 15) is 9.18 Å². The number of carbonyl (C=O) groups excluding carboxylic acids is 1. The van der Waals surface area contributed by atoms with Crippen molar-refractivity contribution in [1.29, 1.82) is 0 Å². The highest BCUT2D eigenvalue weighted by molar-refractivity contribution is 6.07. The van der Waals surface area contributed by atoms with Crippen molar-refractivity contribution >= 4 is 16.8 Å². The monoisotopic (exact) mass is 379 g/mol. The summed E-state index contributed by atoms with van der Waals surface area (Å²) in [7, 11) is 0. The van der Waals surface area contributed by atoms with Crippen molar-refractivity contribution < 1.29 is 9.18 Å². The number of halogens is 1. The number of benzene rings is 2. The molecule has 1 aliphatic heterocycles. The van der Waals surface area contributed by atoms with E-state index in [4.69, 9.17) is 0 Å². The summed E-state index contributed by atoms with van der Waals surface area (Å²) in [6, 6.07) is 14.4. The fourth-order valence-corrected chi connectivity index (χ4v) is 3.95. The molecule has 1 saturated heterocycles. The van der Waals surface area contributed by atoms with Crippen LogP contribution in [0.4, 0.5) is 4.39 Å². The van der Waals surface area contributed by atoms with E-state index in [0.29, 0.717) is 18.7 Å². The number of nitrogens with one attached hydrogen (secondary N) is 1. The summed E-state index contributed by atoms with van der Waals surface area (Å²) >= 11 is 0. The van der Waals surface area contributed by atoms with Crippen LogP contribution in [-0.2, 0) is 6.54 Å². The molecule has 4 rings (SSSR count). The van der Waals surface area contributed by atoms with E-state index in [1.165, 1.54) is 31.4 Å². The molecule has 28 heavy (non-hydrogen) atoms. The Bertz CT molecular complexity index is 942. The van der Waals surface area contributed by atoms with E-state index in [0.717, 1.165) is 36.1 Å². The number of likely N-dealkylation sites (tertiary alicyclic amines) is 1. The number of aromatic nitrogens is 1. The van der Waals surface area contributed by atoms with Crippen LogP contribution in [-0.4, -0.2) is 41.6 Å². The molecule has 146 valence electrons. The summed E-state index contributed by atoms with van der Waals surface area (Å²) in [6.45, 7) is 4.43. The zero-order chi connectivity index (χ0) is 19.3. The molecule has 1 N–H and O–H groups in total. The van der Waals surface area contributed by atoms with Gasteiger partial charge < -0.3 is 14.8 Å². The Morgan fingerprint density at radius 2 is 1.75 bits per heavy atom. The fourth-order valence-electron chi connectivity index (χ4n) is 3.95. The van der Waals surface area contributed by atoms with Crippen molar-refractivity contribution in [3.05, 3.63) is 71.7 Å². The lowest BCUT2D eigenvalue weighted by molar-refractivity contribution is 0.0948. The summed E-state index contributed by atoms with van der Waals surface area (Å²) < 4.78 is 15.2.